The number of hydrogen-bond donors (Lipinski definition) is 0. The van der Waals surface area contributed by atoms with Crippen molar-refractivity contribution in [3.63, 3.8) is 0 Å². The van der Waals surface area contributed by atoms with Crippen LogP contribution >= 0.6 is 0 Å². The van der Waals surface area contributed by atoms with Gasteiger partial charge in [-0.25, -0.2) is 23.6 Å². The first-order chi connectivity index (χ1) is 43.9. The molecule has 4 heterocycles. The van der Waals surface area contributed by atoms with Crippen molar-refractivity contribution in [1.82, 2.24) is 0 Å². The topological polar surface area (TPSA) is 306 Å². The average molecular weight is 1320 g/mol. The summed E-state index contributed by atoms with van der Waals surface area (Å²) < 4.78 is 114. The second-order valence-corrected chi connectivity index (χ2v) is 26.8. The van der Waals surface area contributed by atoms with Gasteiger partial charge in [0.2, 0.25) is 23.0 Å². The highest BCUT2D eigenvalue weighted by Crippen LogP contribution is 2.30. The van der Waals surface area contributed by atoms with Crippen molar-refractivity contribution in [3.05, 3.63) is 191 Å². The van der Waals surface area contributed by atoms with Crippen LogP contribution in [-0.4, -0.2) is 93.4 Å². The Morgan fingerprint density at radius 3 is 0.915 bits per heavy atom. The van der Waals surface area contributed by atoms with Gasteiger partial charge >= 0.3 is 23.9 Å². The lowest BCUT2D eigenvalue weighted by atomic mass is 10.2. The van der Waals surface area contributed by atoms with Gasteiger partial charge < -0.3 is 55.6 Å². The molecule has 0 radical (unpaired) electrons. The summed E-state index contributed by atoms with van der Waals surface area (Å²) in [6, 6.07) is 27.9. The zero-order valence-electron chi connectivity index (χ0n) is 53.7. The van der Waals surface area contributed by atoms with E-state index in [1.807, 2.05) is 0 Å². The Kier molecular flexibility index (Phi) is 20.8. The largest absolute Gasteiger partial charge is 0.490 e. The molecular formula is C69H69FO23S. The van der Waals surface area contributed by atoms with Crippen LogP contribution in [0.25, 0.3) is 43.9 Å². The molecule has 0 aliphatic rings. The molecule has 0 saturated heterocycles. The number of halogens is 1. The number of alkyl halides is 1. The number of esters is 4. The number of carbonyl (C=O) groups is 4. The van der Waals surface area contributed by atoms with Crippen molar-refractivity contribution in [2.24, 2.45) is 0 Å². The Bertz CT molecular complexity index is 4450. The van der Waals surface area contributed by atoms with Gasteiger partial charge in [0.05, 0.1) is 4.90 Å². The van der Waals surface area contributed by atoms with Crippen LogP contribution in [0.1, 0.15) is 131 Å². The van der Waals surface area contributed by atoms with E-state index >= 15 is 0 Å². The molecule has 0 bridgehead atoms. The van der Waals surface area contributed by atoms with Crippen LogP contribution < -0.4 is 40.7 Å². The number of carbonyl (C=O) groups excluding carboxylic acids is 4. The highest BCUT2D eigenvalue weighted by molar-refractivity contribution is 7.86. The second kappa shape index (κ2) is 28.0. The molecule has 0 N–H and O–H groups in total. The van der Waals surface area contributed by atoms with Crippen molar-refractivity contribution in [3.8, 4) is 23.0 Å². The van der Waals surface area contributed by atoms with Gasteiger partial charge in [0.25, 0.3) is 10.1 Å². The molecule has 25 heteroatoms. The van der Waals surface area contributed by atoms with Crippen molar-refractivity contribution < 1.29 is 91.7 Å². The smallest absolute Gasteiger partial charge is 0.374 e. The van der Waals surface area contributed by atoms with E-state index in [-0.39, 0.29) is 94.8 Å². The number of fused-ring (bicyclic) bond motifs is 4. The summed E-state index contributed by atoms with van der Waals surface area (Å²) in [4.78, 5) is 102. The Labute approximate surface area is 537 Å². The molecule has 4 aromatic heterocycles. The molecule has 9 aromatic rings. The van der Waals surface area contributed by atoms with E-state index in [0.29, 0.717) is 0 Å². The lowest BCUT2D eigenvalue weighted by Crippen LogP contribution is -2.31. The zero-order chi connectivity index (χ0) is 68.8. The summed E-state index contributed by atoms with van der Waals surface area (Å²) in [7, 11) is -4.37. The molecular weight excluding hydrogens is 1250 g/mol. The monoisotopic (exact) mass is 1320 g/mol. The fourth-order valence-electron chi connectivity index (χ4n) is 8.73. The first-order valence-electron chi connectivity index (χ1n) is 29.3. The van der Waals surface area contributed by atoms with Crippen molar-refractivity contribution in [1.29, 1.82) is 0 Å². The first-order valence-corrected chi connectivity index (χ1v) is 30.7. The summed E-state index contributed by atoms with van der Waals surface area (Å²) in [5.74, 6) is -4.24. The summed E-state index contributed by atoms with van der Waals surface area (Å²) in [6.45, 7) is 20.1. The maximum absolute atomic E-state index is 14.9. The van der Waals surface area contributed by atoms with Gasteiger partial charge in [-0.05, 0) is 151 Å². The van der Waals surface area contributed by atoms with E-state index in [1.54, 1.807) is 102 Å². The Morgan fingerprint density at radius 2 is 0.660 bits per heavy atom. The zero-order valence-corrected chi connectivity index (χ0v) is 54.5. The molecule has 5 aromatic carbocycles. The predicted octanol–water partition coefficient (Wildman–Crippen LogP) is 12.0. The highest BCUT2D eigenvalue weighted by Gasteiger charge is 2.29. The molecule has 0 spiro atoms. The lowest BCUT2D eigenvalue weighted by Gasteiger charge is -2.20. The summed E-state index contributed by atoms with van der Waals surface area (Å²) in [6.07, 6.45) is -3.00. The highest BCUT2D eigenvalue weighted by atomic mass is 32.2. The minimum absolute atomic E-state index is 0.0108. The van der Waals surface area contributed by atoms with Crippen molar-refractivity contribution in [2.75, 3.05) is 26.4 Å². The average Bonchev–Trinajstić information content (AvgIpc) is 0.810. The van der Waals surface area contributed by atoms with E-state index < -0.39 is 117 Å². The van der Waals surface area contributed by atoms with Crippen LogP contribution in [0.15, 0.2) is 163 Å². The molecule has 0 saturated carbocycles. The summed E-state index contributed by atoms with van der Waals surface area (Å²) in [5.41, 5.74) is -4.54. The van der Waals surface area contributed by atoms with Crippen LogP contribution in [0.3, 0.4) is 0 Å². The molecule has 9 rings (SSSR count). The first kappa shape index (κ1) is 69.7. The van der Waals surface area contributed by atoms with Gasteiger partial charge in [0.1, 0.15) is 122 Å². The van der Waals surface area contributed by atoms with E-state index in [4.69, 9.17) is 59.7 Å². The normalized spacial score (nSPS) is 12.1. The van der Waals surface area contributed by atoms with Gasteiger partial charge in [-0.1, -0.05) is 42.0 Å². The number of ether oxygens (including phenoxy) is 8. The number of hydrogen-bond acceptors (Lipinski definition) is 23. The lowest BCUT2D eigenvalue weighted by molar-refractivity contribution is 0.00249. The van der Waals surface area contributed by atoms with Crippen LogP contribution in [0.4, 0.5) is 4.39 Å². The maximum Gasteiger partial charge on any atom is 0.374 e. The maximum atomic E-state index is 14.9. The molecule has 0 aliphatic carbocycles. The van der Waals surface area contributed by atoms with Gasteiger partial charge in [0.15, 0.2) is 27.9 Å². The molecule has 94 heavy (non-hydrogen) atoms. The minimum atomic E-state index is -4.37. The third-order valence-corrected chi connectivity index (χ3v) is 13.9. The SMILES string of the molecule is CC(C)(C)OC(=O)c1cc(=O)c2c(OCC([18F])COc3cccc4oc(C(=O)OC(C)(C)C)cc(=O)c34)cccc2o1.Cc1ccc(S(=O)(=O)OC(COc2cccc3oc(C(=O)OC(C)(C)C)cc(=O)c23)COc2cccc3oc(C(=O)OC(C)(C)C)cc(=O)c23)cc1. The Hall–Kier alpha value is -10.1. The summed E-state index contributed by atoms with van der Waals surface area (Å²) in [5, 5.41) is 0.0439. The quantitative estimate of drug-likeness (QED) is 0.0412. The molecule has 0 aliphatic heterocycles. The number of rotatable bonds is 19. The van der Waals surface area contributed by atoms with Crippen LogP contribution in [0, 0.1) is 6.92 Å². The molecule has 0 atom stereocenters. The standard InChI is InChI=1S/C38H38O13S.C31H31FO10/c1-22-14-16-24(17-15-22)52(43,44)51-23(20-45-27-10-8-12-29-33(27)25(39)18-31(47-29)35(41)49-37(2,3)4)21-46-28-11-9-13-30-34(28)26(40)19-32(48-30)36(42)50-38(5,6)7;1-30(2,3)41-28(35)24-13-18(33)26-20(9-7-11-22(26)39-24)37-15-17(32)16-38-21-10-8-12-23-27(21)19(34)14-25(40-23)29(36)42-31(4,5)6/h8-19,23H,20-21H2,1-7H3;7-14,17H,15-16H2,1-6H3/i;32-1. The van der Waals surface area contributed by atoms with E-state index in [9.17, 15) is 51.2 Å². The van der Waals surface area contributed by atoms with Crippen LogP contribution in [0.2, 0.25) is 0 Å². The van der Waals surface area contributed by atoms with Crippen LogP contribution in [0.5, 0.6) is 23.0 Å². The Balaban J connectivity index is 0.000000247. The molecule has 0 unspecified atom stereocenters. The second-order valence-electron chi connectivity index (χ2n) is 25.3. The van der Waals surface area contributed by atoms with Crippen molar-refractivity contribution >= 4 is 77.9 Å². The third-order valence-electron chi connectivity index (χ3n) is 12.5. The third kappa shape index (κ3) is 18.3. The van der Waals surface area contributed by atoms with Gasteiger partial charge in [-0.2, -0.15) is 8.42 Å². The van der Waals surface area contributed by atoms with Crippen molar-refractivity contribution in [2.45, 2.75) is 130 Å². The van der Waals surface area contributed by atoms with E-state index in [2.05, 4.69) is 0 Å². The van der Waals surface area contributed by atoms with Gasteiger partial charge in [-0.3, -0.25) is 23.4 Å². The van der Waals surface area contributed by atoms with E-state index in [0.717, 1.165) is 29.8 Å². The molecule has 23 nitrogen and oxygen atoms in total. The van der Waals surface area contributed by atoms with E-state index in [1.165, 1.54) is 84.9 Å². The molecule has 0 amide bonds. The predicted molar refractivity (Wildman–Crippen MR) is 341 cm³/mol. The van der Waals surface area contributed by atoms with Gasteiger partial charge in [0, 0.05) is 24.3 Å². The molecule has 496 valence electrons. The summed E-state index contributed by atoms with van der Waals surface area (Å²) >= 11 is 0. The number of aryl methyl sites for hydroxylation is 1. The number of benzene rings is 5. The fourth-order valence-corrected chi connectivity index (χ4v) is 9.78. The molecule has 0 fully saturated rings. The van der Waals surface area contributed by atoms with Gasteiger partial charge in [-0.15, -0.1) is 0 Å². The Morgan fingerprint density at radius 1 is 0.404 bits per heavy atom. The fraction of sp³-hybridized carbons (Fsp3) is 0.333. The van der Waals surface area contributed by atoms with Crippen LogP contribution in [-0.2, 0) is 33.2 Å². The minimum Gasteiger partial charge on any atom is -0.490 e.